The Bertz CT molecular complexity index is 4230. The van der Waals surface area contributed by atoms with Gasteiger partial charge in [0, 0.05) is 42.6 Å². The number of ether oxygens (including phenoxy) is 4. The van der Waals surface area contributed by atoms with Crippen LogP contribution in [0.15, 0.2) is 354 Å². The largest absolute Gasteiger partial charge is 0.743 e. The monoisotopic (exact) mass is 1730 g/mol. The Hall–Kier alpha value is -9.35. The number of hydrogen-bond acceptors (Lipinski definition) is 16. The van der Waals surface area contributed by atoms with Crippen LogP contribution in [0.1, 0.15) is 73.1 Å². The molecule has 0 aliphatic carbocycles. The highest BCUT2D eigenvalue weighted by Crippen LogP contribution is 2.43. The predicted molar refractivity (Wildman–Crippen MR) is 425 cm³/mol. The summed E-state index contributed by atoms with van der Waals surface area (Å²) < 4.78 is 237. The highest BCUT2D eigenvalue weighted by atomic mass is 32.2. The Morgan fingerprint density at radius 1 is 0.302 bits per heavy atom. The van der Waals surface area contributed by atoms with Crippen molar-refractivity contribution >= 4 is 80.9 Å². The molecule has 9 aromatic carbocycles. The molecule has 0 saturated carbocycles. The molecule has 0 saturated heterocycles. The van der Waals surface area contributed by atoms with E-state index in [0.717, 1.165) is 0 Å². The van der Waals surface area contributed by atoms with Gasteiger partial charge in [0.15, 0.2) is 74.4 Å². The maximum Gasteiger partial charge on any atom is 0.396 e. The van der Waals surface area contributed by atoms with Crippen LogP contribution in [0.2, 0.25) is 0 Å². The Morgan fingerprint density at radius 3 is 0.698 bits per heavy atom. The molecule has 0 heterocycles. The number of benzene rings is 9. The summed E-state index contributed by atoms with van der Waals surface area (Å²) >= 11 is 0. The first kappa shape index (κ1) is 101. The predicted octanol–water partition coefficient (Wildman–Crippen LogP) is 19.7. The first-order valence-corrected chi connectivity index (χ1v) is 42.5. The summed E-state index contributed by atoms with van der Waals surface area (Å²) in [5, 5.41) is -15.7. The fourth-order valence-electron chi connectivity index (χ4n) is 9.13. The number of rotatable bonds is 33. The van der Waals surface area contributed by atoms with Gasteiger partial charge >= 0.3 is 45.5 Å². The number of alkyl halides is 10. The zero-order valence-corrected chi connectivity index (χ0v) is 67.2. The Labute approximate surface area is 680 Å². The maximum absolute atomic E-state index is 13.0. The summed E-state index contributed by atoms with van der Waals surface area (Å²) in [4.78, 5) is 44.8. The molecule has 0 spiro atoms. The molecule has 116 heavy (non-hydrogen) atoms. The van der Waals surface area contributed by atoms with Gasteiger partial charge in [0.1, 0.15) is 6.61 Å². The van der Waals surface area contributed by atoms with Crippen LogP contribution < -0.4 is 0 Å². The molecule has 0 bridgehead atoms. The van der Waals surface area contributed by atoms with E-state index in [4.69, 9.17) is 4.74 Å². The van der Waals surface area contributed by atoms with E-state index < -0.39 is 121 Å². The SMILES string of the molecule is C.C=C(C)C(=O)OCCCC(F)(F)C(F)(F)S(=O)(=O)[O-].C=C(C)C(=O)OCCCCC(F)(F)S(=O)(=O)[O-].C=C(C)C(=O)OCCOCCCC(F)(F)C(F)(F)S(=O)(=O)[O-].c1ccc([S+](c2ccccc2)c2ccccc2)cc1.c1ccc([S+](c2ccccc2)c2ccccc2)cc1.c1ccc([S+](c2ccccc2)c2ccccc2)cc1. The lowest BCUT2D eigenvalue weighted by atomic mass is 10.2. The van der Waals surface area contributed by atoms with Crippen molar-refractivity contribution in [2.24, 2.45) is 0 Å². The number of carbonyl (C=O) groups excluding carboxylic acids is 3. The number of unbranched alkanes of at least 4 members (excludes halogenated alkanes) is 1. The summed E-state index contributed by atoms with van der Waals surface area (Å²) in [6.07, 6.45) is -5.80. The molecule has 0 atom stereocenters. The van der Waals surface area contributed by atoms with Gasteiger partial charge in [-0.25, -0.2) is 39.6 Å². The van der Waals surface area contributed by atoms with Crippen molar-refractivity contribution in [2.75, 3.05) is 33.0 Å². The lowest BCUT2D eigenvalue weighted by molar-refractivity contribution is -0.167. The Kier molecular flexibility index (Phi) is 42.6. The van der Waals surface area contributed by atoms with Crippen molar-refractivity contribution < 1.29 is 116 Å². The molecular formula is C84H88F10O16S6. The van der Waals surface area contributed by atoms with Gasteiger partial charge in [-0.05, 0) is 156 Å². The topological polar surface area (TPSA) is 260 Å². The fraction of sp³-hybridized carbons (Fsp3) is 0.250. The van der Waals surface area contributed by atoms with Gasteiger partial charge in [-0.3, -0.25) is 0 Å². The van der Waals surface area contributed by atoms with Crippen LogP contribution in [0, 0.1) is 0 Å². The average molecular weight is 1740 g/mol. The third-order valence-electron chi connectivity index (χ3n) is 14.9. The van der Waals surface area contributed by atoms with Crippen LogP contribution in [-0.2, 0) is 96.4 Å². The third kappa shape index (κ3) is 33.3. The number of halogens is 10. The van der Waals surface area contributed by atoms with Crippen molar-refractivity contribution in [1.29, 1.82) is 0 Å². The van der Waals surface area contributed by atoms with Gasteiger partial charge in [0.2, 0.25) is 0 Å². The molecule has 9 rings (SSSR count). The molecule has 9 aromatic rings. The summed E-state index contributed by atoms with van der Waals surface area (Å²) in [6.45, 7) is 12.4. The van der Waals surface area contributed by atoms with Gasteiger partial charge in [0.05, 0.1) is 52.5 Å². The van der Waals surface area contributed by atoms with Crippen molar-refractivity contribution in [2.45, 2.75) is 145 Å². The second kappa shape index (κ2) is 49.0. The van der Waals surface area contributed by atoms with Gasteiger partial charge < -0.3 is 32.6 Å². The molecule has 626 valence electrons. The Morgan fingerprint density at radius 2 is 0.500 bits per heavy atom. The molecule has 0 unspecified atom stereocenters. The minimum absolute atomic E-state index is 0. The van der Waals surface area contributed by atoms with Crippen molar-refractivity contribution in [3.05, 3.63) is 309 Å². The number of hydrogen-bond donors (Lipinski definition) is 0. The van der Waals surface area contributed by atoms with E-state index in [1.165, 1.54) is 64.8 Å². The Balaban J connectivity index is 0.000000360. The zero-order chi connectivity index (χ0) is 85.5. The second-order valence-electron chi connectivity index (χ2n) is 24.2. The smallest absolute Gasteiger partial charge is 0.396 e. The van der Waals surface area contributed by atoms with E-state index >= 15 is 0 Å². The maximum atomic E-state index is 13.0. The third-order valence-corrected chi connectivity index (χ3v) is 24.4. The number of carbonyl (C=O) groups is 3. The van der Waals surface area contributed by atoms with Crippen molar-refractivity contribution in [1.82, 2.24) is 0 Å². The molecule has 0 N–H and O–H groups in total. The lowest BCUT2D eigenvalue weighted by Gasteiger charge is -2.28. The van der Waals surface area contributed by atoms with Crippen LogP contribution >= 0.6 is 0 Å². The fourth-order valence-corrected chi connectivity index (χ4v) is 16.8. The van der Waals surface area contributed by atoms with E-state index in [0.29, 0.717) is 0 Å². The minimum atomic E-state index is -6.48. The van der Waals surface area contributed by atoms with Crippen LogP contribution in [0.5, 0.6) is 0 Å². The molecule has 0 radical (unpaired) electrons. The van der Waals surface area contributed by atoms with E-state index in [2.05, 4.69) is 307 Å². The number of esters is 3. The first-order chi connectivity index (χ1) is 54.1. The summed E-state index contributed by atoms with van der Waals surface area (Å²) in [5.41, 5.74) is 0.317. The normalized spacial score (nSPS) is 11.6. The van der Waals surface area contributed by atoms with Crippen molar-refractivity contribution in [3.8, 4) is 0 Å². The molecular weight excluding hydrogens is 1650 g/mol. The van der Waals surface area contributed by atoms with Gasteiger partial charge in [-0.1, -0.05) is 191 Å². The van der Waals surface area contributed by atoms with Crippen LogP contribution in [0.25, 0.3) is 0 Å². The molecule has 0 aromatic heterocycles. The molecule has 0 aliphatic heterocycles. The lowest BCUT2D eigenvalue weighted by Crippen LogP contribution is -2.46. The van der Waals surface area contributed by atoms with E-state index in [9.17, 15) is 97.2 Å². The molecule has 0 amide bonds. The highest BCUT2D eigenvalue weighted by molar-refractivity contribution is 7.97. The van der Waals surface area contributed by atoms with Gasteiger partial charge in [-0.15, -0.1) is 0 Å². The molecule has 0 fully saturated rings. The second-order valence-corrected chi connectivity index (χ2v) is 34.6. The minimum Gasteiger partial charge on any atom is -0.743 e. The van der Waals surface area contributed by atoms with E-state index in [1.54, 1.807) is 0 Å². The molecule has 16 nitrogen and oxygen atoms in total. The quantitative estimate of drug-likeness (QED) is 0.00704. The molecule has 0 aliphatic rings. The summed E-state index contributed by atoms with van der Waals surface area (Å²) in [6, 6.07) is 96.5. The van der Waals surface area contributed by atoms with Gasteiger partial charge in [-0.2, -0.15) is 43.9 Å². The zero-order valence-electron chi connectivity index (χ0n) is 62.3. The highest BCUT2D eigenvalue weighted by Gasteiger charge is 2.62. The van der Waals surface area contributed by atoms with Crippen molar-refractivity contribution in [3.63, 3.8) is 0 Å². The average Bonchev–Trinajstić information content (AvgIpc) is 0.780. The summed E-state index contributed by atoms with van der Waals surface area (Å²) in [7, 11) is -18.6. The van der Waals surface area contributed by atoms with E-state index in [-0.39, 0.29) is 89.5 Å². The van der Waals surface area contributed by atoms with Gasteiger partial charge in [0.25, 0.3) is 0 Å². The van der Waals surface area contributed by atoms with Crippen LogP contribution in [0.4, 0.5) is 43.9 Å². The molecule has 32 heteroatoms. The standard InChI is InChI=1S/3C18H15S.C11H16F4O6S.C9H12F4O5S.C9H14F2O5S.CH4/c3*1-4-10-16(11-5-1)19(17-12-6-2-7-13-17)18-14-8-3-9-15-18;1-8(2)9(16)21-7-6-20-5-3-4-10(12,13)11(14,15)22(17,18)19;1-6(2)7(14)18-5-3-4-8(10,11)9(12,13)19(15,16)17;1-7(2)8(12)16-6-4-3-5-9(10,11)17(13,14)15;/h3*1-15H;1,3-7H2,2H3,(H,17,18,19);1,3-5H2,2H3,(H,15,16,17);1,3-6H2,2H3,(H,13,14,15);1H4/q3*+1;;;;/p-3. The van der Waals surface area contributed by atoms with Crippen LogP contribution in [-0.4, -0.2) is 117 Å². The summed E-state index contributed by atoms with van der Waals surface area (Å²) in [5.74, 6) is -12.2. The van der Waals surface area contributed by atoms with E-state index in [1.807, 2.05) is 0 Å². The van der Waals surface area contributed by atoms with Crippen LogP contribution in [0.3, 0.4) is 0 Å². The first-order valence-electron chi connectivity index (χ1n) is 34.6.